The van der Waals surface area contributed by atoms with Crippen LogP contribution in [0.15, 0.2) is 30.5 Å². The first kappa shape index (κ1) is 13.4. The van der Waals surface area contributed by atoms with Crippen molar-refractivity contribution in [2.45, 2.75) is 32.2 Å². The van der Waals surface area contributed by atoms with Crippen LogP contribution in [0.1, 0.15) is 30.0 Å². The Morgan fingerprint density at radius 2 is 2.18 bits per heavy atom. The highest BCUT2D eigenvalue weighted by Gasteiger charge is 2.33. The molecule has 0 atom stereocenters. The van der Waals surface area contributed by atoms with Crippen LogP contribution >= 0.6 is 0 Å². The molecule has 22 heavy (non-hydrogen) atoms. The van der Waals surface area contributed by atoms with E-state index in [0.717, 1.165) is 24.3 Å². The Hall–Kier alpha value is -2.30. The molecule has 114 valence electrons. The monoisotopic (exact) mass is 296 g/mol. The fraction of sp³-hybridized carbons (Fsp3) is 0.412. The fourth-order valence-corrected chi connectivity index (χ4v) is 3.51. The topological polar surface area (TPSA) is 50.2 Å². The number of anilines is 2. The van der Waals surface area contributed by atoms with Crippen molar-refractivity contribution in [2.24, 2.45) is 0 Å². The molecule has 1 fully saturated rings. The molecular weight excluding hydrogens is 276 g/mol. The molecule has 5 nitrogen and oxygen atoms in total. The number of hydrogen-bond acceptors (Lipinski definition) is 3. The van der Waals surface area contributed by atoms with Crippen LogP contribution < -0.4 is 10.2 Å². The Balaban J connectivity index is 1.48. The van der Waals surface area contributed by atoms with Gasteiger partial charge in [-0.05, 0) is 37.5 Å². The molecule has 0 saturated carbocycles. The molecular formula is C17H20N4O. The van der Waals surface area contributed by atoms with E-state index in [9.17, 15) is 4.79 Å². The summed E-state index contributed by atoms with van der Waals surface area (Å²) >= 11 is 0. The number of amides is 1. The standard InChI is InChI=1S/C17H20N4O/c1-12-3-2-4-14(9-12)18-16(22)11-21-10-15-17(19-21)13-5-7-20(15)8-6-13/h2-4,9-10,13H,5-8,11H2,1H3,(H,18,22). The van der Waals surface area contributed by atoms with Crippen molar-refractivity contribution in [2.75, 3.05) is 23.3 Å². The van der Waals surface area contributed by atoms with Gasteiger partial charge in [0.05, 0.1) is 11.4 Å². The average molecular weight is 296 g/mol. The fourth-order valence-electron chi connectivity index (χ4n) is 3.51. The summed E-state index contributed by atoms with van der Waals surface area (Å²) in [7, 11) is 0. The summed E-state index contributed by atoms with van der Waals surface area (Å²) in [6, 6.07) is 7.84. The molecule has 2 bridgehead atoms. The van der Waals surface area contributed by atoms with E-state index < -0.39 is 0 Å². The lowest BCUT2D eigenvalue weighted by molar-refractivity contribution is -0.116. The molecule has 1 aromatic carbocycles. The minimum Gasteiger partial charge on any atom is -0.369 e. The lowest BCUT2D eigenvalue weighted by Crippen LogP contribution is -2.38. The molecule has 0 aliphatic carbocycles. The first-order valence-electron chi connectivity index (χ1n) is 7.88. The lowest BCUT2D eigenvalue weighted by atomic mass is 9.88. The van der Waals surface area contributed by atoms with Crippen molar-refractivity contribution in [1.82, 2.24) is 9.78 Å². The van der Waals surface area contributed by atoms with Gasteiger partial charge in [-0.15, -0.1) is 0 Å². The van der Waals surface area contributed by atoms with Crippen LogP contribution in [0.5, 0.6) is 0 Å². The predicted molar refractivity (Wildman–Crippen MR) is 86.2 cm³/mol. The van der Waals surface area contributed by atoms with Crippen LogP contribution in [0.25, 0.3) is 0 Å². The molecule has 5 heteroatoms. The molecule has 1 amide bonds. The number of carbonyl (C=O) groups excluding carboxylic acids is 1. The highest BCUT2D eigenvalue weighted by atomic mass is 16.2. The normalized spacial score (nSPS) is 16.7. The smallest absolute Gasteiger partial charge is 0.246 e. The second-order valence-corrected chi connectivity index (χ2v) is 6.28. The summed E-state index contributed by atoms with van der Waals surface area (Å²) in [4.78, 5) is 14.6. The van der Waals surface area contributed by atoms with Gasteiger partial charge in [-0.25, -0.2) is 0 Å². The van der Waals surface area contributed by atoms with Gasteiger partial charge in [0, 0.05) is 30.9 Å². The second kappa shape index (κ2) is 5.16. The second-order valence-electron chi connectivity index (χ2n) is 6.28. The van der Waals surface area contributed by atoms with Gasteiger partial charge in [0.2, 0.25) is 5.91 Å². The molecule has 5 rings (SSSR count). The molecule has 3 aliphatic rings. The largest absolute Gasteiger partial charge is 0.369 e. The molecule has 2 aromatic rings. The van der Waals surface area contributed by atoms with E-state index in [0.29, 0.717) is 5.92 Å². The number of fused-ring (bicyclic) bond motifs is 2. The number of carbonyl (C=O) groups is 1. The number of piperidine rings is 1. The maximum atomic E-state index is 12.2. The summed E-state index contributed by atoms with van der Waals surface area (Å²) in [5, 5.41) is 7.58. The third-order valence-electron chi connectivity index (χ3n) is 4.60. The van der Waals surface area contributed by atoms with Crippen molar-refractivity contribution in [1.29, 1.82) is 0 Å². The van der Waals surface area contributed by atoms with Gasteiger partial charge in [0.25, 0.3) is 0 Å². The Morgan fingerprint density at radius 3 is 2.91 bits per heavy atom. The molecule has 0 spiro atoms. The number of aryl methyl sites for hydroxylation is 1. The SMILES string of the molecule is Cc1cccc(NC(=O)Cn2cc3c(n2)C2CCN3CC2)c1. The maximum Gasteiger partial charge on any atom is 0.246 e. The van der Waals surface area contributed by atoms with Crippen LogP contribution in [-0.4, -0.2) is 28.8 Å². The minimum atomic E-state index is -0.0345. The zero-order valence-electron chi connectivity index (χ0n) is 12.7. The first-order chi connectivity index (χ1) is 10.7. The van der Waals surface area contributed by atoms with E-state index in [-0.39, 0.29) is 12.5 Å². The van der Waals surface area contributed by atoms with Gasteiger partial charge >= 0.3 is 0 Å². The van der Waals surface area contributed by atoms with E-state index in [1.165, 1.54) is 24.2 Å². The highest BCUT2D eigenvalue weighted by Crippen LogP contribution is 2.40. The quantitative estimate of drug-likeness (QED) is 0.947. The van der Waals surface area contributed by atoms with E-state index >= 15 is 0 Å². The zero-order chi connectivity index (χ0) is 15.1. The van der Waals surface area contributed by atoms with Gasteiger partial charge in [-0.3, -0.25) is 9.48 Å². The third-order valence-corrected chi connectivity index (χ3v) is 4.60. The predicted octanol–water partition coefficient (Wildman–Crippen LogP) is 2.53. The van der Waals surface area contributed by atoms with Crippen LogP contribution in [0.4, 0.5) is 11.4 Å². The maximum absolute atomic E-state index is 12.2. The molecule has 1 N–H and O–H groups in total. The Morgan fingerprint density at radius 1 is 1.36 bits per heavy atom. The van der Waals surface area contributed by atoms with Crippen LogP contribution in [-0.2, 0) is 11.3 Å². The van der Waals surface area contributed by atoms with Crippen LogP contribution in [0.3, 0.4) is 0 Å². The van der Waals surface area contributed by atoms with Crippen LogP contribution in [0, 0.1) is 6.92 Å². The van der Waals surface area contributed by atoms with Gasteiger partial charge < -0.3 is 10.2 Å². The van der Waals surface area contributed by atoms with Crippen LogP contribution in [0.2, 0.25) is 0 Å². The lowest BCUT2D eigenvalue weighted by Gasteiger charge is -2.38. The van der Waals surface area contributed by atoms with Gasteiger partial charge in [0.15, 0.2) is 0 Å². The Labute approximate surface area is 129 Å². The van der Waals surface area contributed by atoms with Crippen molar-refractivity contribution in [3.05, 3.63) is 41.7 Å². The molecule has 0 radical (unpaired) electrons. The Kier molecular flexibility index (Phi) is 3.13. The van der Waals surface area contributed by atoms with Crippen molar-refractivity contribution in [3.8, 4) is 0 Å². The molecule has 0 unspecified atom stereocenters. The summed E-state index contributed by atoms with van der Waals surface area (Å²) < 4.78 is 1.78. The highest BCUT2D eigenvalue weighted by molar-refractivity contribution is 5.90. The van der Waals surface area contributed by atoms with Crippen molar-refractivity contribution < 1.29 is 4.79 Å². The number of aromatic nitrogens is 2. The minimum absolute atomic E-state index is 0.0345. The summed E-state index contributed by atoms with van der Waals surface area (Å²) in [5.74, 6) is 0.550. The van der Waals surface area contributed by atoms with Gasteiger partial charge in [-0.2, -0.15) is 5.10 Å². The average Bonchev–Trinajstić information content (AvgIpc) is 2.93. The van der Waals surface area contributed by atoms with Gasteiger partial charge in [0.1, 0.15) is 6.54 Å². The Bertz CT molecular complexity index is 684. The van der Waals surface area contributed by atoms with E-state index in [2.05, 4.69) is 15.3 Å². The van der Waals surface area contributed by atoms with E-state index in [1.54, 1.807) is 4.68 Å². The number of nitrogens with one attached hydrogen (secondary N) is 1. The number of hydrogen-bond donors (Lipinski definition) is 1. The molecule has 1 saturated heterocycles. The van der Waals surface area contributed by atoms with Gasteiger partial charge in [-0.1, -0.05) is 12.1 Å². The van der Waals surface area contributed by atoms with Crippen molar-refractivity contribution >= 4 is 17.3 Å². The molecule has 1 aromatic heterocycles. The molecule has 3 aliphatic heterocycles. The van der Waals surface area contributed by atoms with Crippen molar-refractivity contribution in [3.63, 3.8) is 0 Å². The first-order valence-corrected chi connectivity index (χ1v) is 7.88. The third kappa shape index (κ3) is 2.36. The molecule has 4 heterocycles. The summed E-state index contributed by atoms with van der Waals surface area (Å²) in [5.41, 5.74) is 4.38. The summed E-state index contributed by atoms with van der Waals surface area (Å²) in [6.45, 7) is 4.53. The summed E-state index contributed by atoms with van der Waals surface area (Å²) in [6.07, 6.45) is 4.41. The zero-order valence-corrected chi connectivity index (χ0v) is 12.7. The number of rotatable bonds is 3. The number of nitrogens with zero attached hydrogens (tertiary/aromatic N) is 3. The number of benzene rings is 1. The van der Waals surface area contributed by atoms with E-state index in [1.807, 2.05) is 37.4 Å². The van der Waals surface area contributed by atoms with E-state index in [4.69, 9.17) is 0 Å².